The van der Waals surface area contributed by atoms with Gasteiger partial charge in [-0.15, -0.1) is 5.92 Å². The molecule has 0 amide bonds. The van der Waals surface area contributed by atoms with Gasteiger partial charge in [0.2, 0.25) is 0 Å². The first-order valence-corrected chi connectivity index (χ1v) is 3.94. The Morgan fingerprint density at radius 3 is 2.31 bits per heavy atom. The number of nitrogens with two attached hydrogens (primary N) is 1. The first-order valence-electron chi connectivity index (χ1n) is 3.94. The van der Waals surface area contributed by atoms with Crippen molar-refractivity contribution in [3.05, 3.63) is 35.9 Å². The molecule has 2 unspecified atom stereocenters. The van der Waals surface area contributed by atoms with E-state index in [2.05, 4.69) is 0 Å². The summed E-state index contributed by atoms with van der Waals surface area (Å²) in [5, 5.41) is 0. The van der Waals surface area contributed by atoms with Crippen molar-refractivity contribution in [2.24, 2.45) is 11.7 Å². The number of hydrogen-bond acceptors (Lipinski definition) is 2. The molecule has 0 fully saturated rings. The van der Waals surface area contributed by atoms with Gasteiger partial charge in [-0.05, 0) is 5.56 Å². The fraction of sp³-hybridized carbons (Fsp3) is 0.300. The predicted octanol–water partition coefficient (Wildman–Crippen LogP) is 1.43. The third-order valence-electron chi connectivity index (χ3n) is 1.91. The molecular weight excluding hydrogens is 239 g/mol. The molecule has 0 aliphatic carbocycles. The summed E-state index contributed by atoms with van der Waals surface area (Å²) in [5.41, 5.74) is 6.77. The Morgan fingerprint density at radius 1 is 1.31 bits per heavy atom. The first kappa shape index (κ1) is 13.0. The van der Waals surface area contributed by atoms with Crippen molar-refractivity contribution in [2.45, 2.75) is 13.0 Å². The fourth-order valence-electron chi connectivity index (χ4n) is 1.04. The number of rotatable bonds is 3. The molecule has 0 aliphatic heterocycles. The molecule has 0 aromatic heterocycles. The third kappa shape index (κ3) is 3.67. The average molecular weight is 251 g/mol. The van der Waals surface area contributed by atoms with E-state index in [1.165, 1.54) is 0 Å². The van der Waals surface area contributed by atoms with Crippen LogP contribution in [0.5, 0.6) is 0 Å². The van der Waals surface area contributed by atoms with Gasteiger partial charge in [-0.1, -0.05) is 37.3 Å². The zero-order chi connectivity index (χ0) is 8.97. The molecule has 0 saturated heterocycles. The molecule has 67 valence electrons. The molecule has 2 N–H and O–H groups in total. The van der Waals surface area contributed by atoms with Crippen molar-refractivity contribution < 1.29 is 37.5 Å². The zero-order valence-electron chi connectivity index (χ0n) is 7.60. The molecule has 0 heterocycles. The number of hydrogen-bond donors (Lipinski definition) is 1. The van der Waals surface area contributed by atoms with Crippen molar-refractivity contribution in [3.8, 4) is 0 Å². The Morgan fingerprint density at radius 2 is 1.85 bits per heavy atom. The van der Waals surface area contributed by atoms with Crippen LogP contribution in [0.2, 0.25) is 0 Å². The molecule has 1 aromatic rings. The standard InChI is InChI=1S/C10H12NO.Y/c1-8(7-12)10(11)9-5-3-2-4-6-9;/h2-6,8,10H,11H2,1H3;/q-1;. The molecule has 1 radical (unpaired) electrons. The molecule has 1 aromatic carbocycles. The molecule has 0 aliphatic rings. The Kier molecular flexibility index (Phi) is 6.39. The van der Waals surface area contributed by atoms with E-state index >= 15 is 0 Å². The van der Waals surface area contributed by atoms with Crippen LogP contribution in [0.4, 0.5) is 0 Å². The second kappa shape index (κ2) is 6.41. The van der Waals surface area contributed by atoms with Crippen LogP contribution in [-0.4, -0.2) is 6.29 Å². The van der Waals surface area contributed by atoms with Crippen LogP contribution in [0.1, 0.15) is 18.5 Å². The summed E-state index contributed by atoms with van der Waals surface area (Å²) in [7, 11) is 0. The van der Waals surface area contributed by atoms with Gasteiger partial charge in [-0.3, -0.25) is 6.29 Å². The Labute approximate surface area is 104 Å². The molecular formula is C10H12NOY-. The van der Waals surface area contributed by atoms with Crippen molar-refractivity contribution in [3.63, 3.8) is 0 Å². The molecule has 2 nitrogen and oxygen atoms in total. The van der Waals surface area contributed by atoms with E-state index in [0.29, 0.717) is 0 Å². The van der Waals surface area contributed by atoms with E-state index in [9.17, 15) is 4.79 Å². The van der Waals surface area contributed by atoms with Crippen LogP contribution >= 0.6 is 0 Å². The Bertz CT molecular complexity index is 250. The minimum Gasteiger partial charge on any atom is -0.541 e. The molecule has 2 atom stereocenters. The maximum Gasteiger partial charge on any atom is 0.00780 e. The van der Waals surface area contributed by atoms with Gasteiger partial charge in [0.1, 0.15) is 0 Å². The molecule has 0 spiro atoms. The SMILES string of the molecule is CC([C-]=O)C(N)c1ccccc1.[Y]. The van der Waals surface area contributed by atoms with E-state index in [1.54, 1.807) is 6.92 Å². The van der Waals surface area contributed by atoms with E-state index in [0.717, 1.165) is 5.56 Å². The van der Waals surface area contributed by atoms with E-state index in [-0.39, 0.29) is 44.7 Å². The summed E-state index contributed by atoms with van der Waals surface area (Å²) in [4.78, 5) is 10.3. The van der Waals surface area contributed by atoms with Crippen LogP contribution < -0.4 is 5.73 Å². The van der Waals surface area contributed by atoms with Crippen molar-refractivity contribution >= 4 is 6.29 Å². The van der Waals surface area contributed by atoms with E-state index < -0.39 is 0 Å². The maximum atomic E-state index is 10.3. The second-order valence-electron chi connectivity index (χ2n) is 2.84. The summed E-state index contributed by atoms with van der Waals surface area (Å²) in [5.74, 6) is -0.243. The third-order valence-corrected chi connectivity index (χ3v) is 1.91. The second-order valence-corrected chi connectivity index (χ2v) is 2.84. The van der Waals surface area contributed by atoms with Gasteiger partial charge in [0.25, 0.3) is 0 Å². The summed E-state index contributed by atoms with van der Waals surface area (Å²) in [6, 6.07) is 9.34. The molecule has 0 bridgehead atoms. The normalized spacial score (nSPS) is 14.0. The number of benzene rings is 1. The average Bonchev–Trinajstić information content (AvgIpc) is 2.17. The Balaban J connectivity index is 0.00000144. The van der Waals surface area contributed by atoms with Crippen LogP contribution in [0, 0.1) is 5.92 Å². The quantitative estimate of drug-likeness (QED) is 0.826. The van der Waals surface area contributed by atoms with Crippen molar-refractivity contribution in [2.75, 3.05) is 0 Å². The van der Waals surface area contributed by atoms with Gasteiger partial charge in [0.05, 0.1) is 0 Å². The molecule has 13 heavy (non-hydrogen) atoms. The summed E-state index contributed by atoms with van der Waals surface area (Å²) < 4.78 is 0. The van der Waals surface area contributed by atoms with Crippen molar-refractivity contribution in [1.29, 1.82) is 0 Å². The topological polar surface area (TPSA) is 43.1 Å². The smallest absolute Gasteiger partial charge is 0.00780 e. The maximum absolute atomic E-state index is 10.3. The van der Waals surface area contributed by atoms with Gasteiger partial charge < -0.3 is 10.5 Å². The first-order chi connectivity index (χ1) is 5.75. The monoisotopic (exact) mass is 251 g/mol. The van der Waals surface area contributed by atoms with E-state index in [4.69, 9.17) is 5.73 Å². The van der Waals surface area contributed by atoms with Gasteiger partial charge in [-0.25, -0.2) is 0 Å². The van der Waals surface area contributed by atoms with Crippen LogP contribution in [0.25, 0.3) is 0 Å². The van der Waals surface area contributed by atoms with Gasteiger partial charge in [0.15, 0.2) is 0 Å². The zero-order valence-corrected chi connectivity index (χ0v) is 10.4. The summed E-state index contributed by atoms with van der Waals surface area (Å²) in [6.45, 7) is 1.77. The molecule has 3 heteroatoms. The summed E-state index contributed by atoms with van der Waals surface area (Å²) in [6.07, 6.45) is 1.89. The Hall–Kier alpha value is -0.0461. The summed E-state index contributed by atoms with van der Waals surface area (Å²) >= 11 is 0. The van der Waals surface area contributed by atoms with Crippen LogP contribution in [0.15, 0.2) is 30.3 Å². The van der Waals surface area contributed by atoms with Gasteiger partial charge in [-0.2, -0.15) is 0 Å². The molecule has 1 rings (SSSR count). The number of carbonyl (C=O) groups excluding carboxylic acids is 1. The largest absolute Gasteiger partial charge is 0.541 e. The minimum atomic E-state index is -0.243. The van der Waals surface area contributed by atoms with Crippen LogP contribution in [-0.2, 0) is 37.5 Å². The minimum absolute atomic E-state index is 0. The van der Waals surface area contributed by atoms with Crippen LogP contribution in [0.3, 0.4) is 0 Å². The van der Waals surface area contributed by atoms with E-state index in [1.807, 2.05) is 36.6 Å². The van der Waals surface area contributed by atoms with Crippen molar-refractivity contribution in [1.82, 2.24) is 0 Å². The molecule has 0 saturated carbocycles. The van der Waals surface area contributed by atoms with Gasteiger partial charge >= 0.3 is 0 Å². The van der Waals surface area contributed by atoms with Gasteiger partial charge in [0, 0.05) is 38.8 Å². The fourth-order valence-corrected chi connectivity index (χ4v) is 1.04. The predicted molar refractivity (Wildman–Crippen MR) is 48.2 cm³/mol.